The van der Waals surface area contributed by atoms with E-state index in [-0.39, 0.29) is 5.91 Å². The molecule has 2 rings (SSSR count). The average molecular weight is 264 g/mol. The normalized spacial score (nSPS) is 16.8. The predicted molar refractivity (Wildman–Crippen MR) is 72.2 cm³/mol. The number of nitrogens with zero attached hydrogens (tertiary/aromatic N) is 2. The molecule has 1 aromatic rings. The molecule has 2 heterocycles. The molecule has 0 atom stereocenters. The summed E-state index contributed by atoms with van der Waals surface area (Å²) in [5.74, 6) is 0.0638. The van der Waals surface area contributed by atoms with Gasteiger partial charge >= 0.3 is 0 Å². The van der Waals surface area contributed by atoms with E-state index in [2.05, 4.69) is 0 Å². The Morgan fingerprint density at radius 3 is 2.61 bits per heavy atom. The molecule has 0 unspecified atom stereocenters. The van der Waals surface area contributed by atoms with Gasteiger partial charge in [0.2, 0.25) is 12.3 Å². The fraction of sp³-hybridized carbons (Fsp3) is 0.385. The van der Waals surface area contributed by atoms with Crippen LogP contribution in [0.5, 0.6) is 0 Å². The van der Waals surface area contributed by atoms with Crippen LogP contribution >= 0.6 is 11.3 Å². The highest BCUT2D eigenvalue weighted by molar-refractivity contribution is 7.10. The Bertz CT molecular complexity index is 446. The van der Waals surface area contributed by atoms with Crippen LogP contribution in [-0.2, 0) is 9.59 Å². The van der Waals surface area contributed by atoms with Crippen molar-refractivity contribution in [1.29, 1.82) is 0 Å². The second-order valence-electron chi connectivity index (χ2n) is 4.28. The van der Waals surface area contributed by atoms with Gasteiger partial charge in [-0.25, -0.2) is 0 Å². The van der Waals surface area contributed by atoms with Gasteiger partial charge in [0.15, 0.2) is 0 Å². The van der Waals surface area contributed by atoms with Crippen molar-refractivity contribution in [2.75, 3.05) is 26.2 Å². The van der Waals surface area contributed by atoms with Crippen molar-refractivity contribution >= 4 is 29.7 Å². The first-order chi connectivity index (χ1) is 8.70. The summed E-state index contributed by atoms with van der Waals surface area (Å²) in [5, 5.41) is 1.99. The molecule has 1 aliphatic rings. The fourth-order valence-electron chi connectivity index (χ4n) is 1.93. The number of hydrogen-bond acceptors (Lipinski definition) is 3. The van der Waals surface area contributed by atoms with E-state index in [1.54, 1.807) is 21.1 Å². The molecule has 18 heavy (non-hydrogen) atoms. The van der Waals surface area contributed by atoms with Gasteiger partial charge in [0.25, 0.3) is 0 Å². The Labute approximate surface area is 111 Å². The van der Waals surface area contributed by atoms with Crippen LogP contribution in [0.4, 0.5) is 0 Å². The first-order valence-corrected chi connectivity index (χ1v) is 6.79. The molecule has 1 aliphatic heterocycles. The standard InChI is InChI=1S/C13H16N2O2S/c1-11(9-12-3-2-8-18-12)13(17)15-6-4-14(10-16)5-7-15/h2-3,8-10H,4-7H2,1H3/b11-9+. The minimum Gasteiger partial charge on any atom is -0.342 e. The monoisotopic (exact) mass is 264 g/mol. The zero-order valence-electron chi connectivity index (χ0n) is 10.3. The lowest BCUT2D eigenvalue weighted by Crippen LogP contribution is -2.48. The molecular formula is C13H16N2O2S. The van der Waals surface area contributed by atoms with Crippen LogP contribution < -0.4 is 0 Å². The van der Waals surface area contributed by atoms with E-state index in [1.165, 1.54) is 0 Å². The van der Waals surface area contributed by atoms with Gasteiger partial charge in [-0.2, -0.15) is 0 Å². The van der Waals surface area contributed by atoms with Crippen molar-refractivity contribution < 1.29 is 9.59 Å². The molecule has 0 N–H and O–H groups in total. The summed E-state index contributed by atoms with van der Waals surface area (Å²) in [7, 11) is 0. The van der Waals surface area contributed by atoms with Gasteiger partial charge in [-0.3, -0.25) is 9.59 Å². The zero-order valence-corrected chi connectivity index (χ0v) is 11.2. The third kappa shape index (κ3) is 2.98. The molecule has 2 amide bonds. The summed E-state index contributed by atoms with van der Waals surface area (Å²) in [5.41, 5.74) is 0.747. The zero-order chi connectivity index (χ0) is 13.0. The van der Waals surface area contributed by atoms with Crippen molar-refractivity contribution in [3.8, 4) is 0 Å². The van der Waals surface area contributed by atoms with Crippen LogP contribution in [0.25, 0.3) is 6.08 Å². The Kier molecular flexibility index (Phi) is 4.15. The van der Waals surface area contributed by atoms with Crippen LogP contribution in [0.2, 0.25) is 0 Å². The molecule has 0 radical (unpaired) electrons. The number of carbonyl (C=O) groups is 2. The molecule has 0 bridgehead atoms. The second kappa shape index (κ2) is 5.82. The van der Waals surface area contributed by atoms with Crippen LogP contribution in [-0.4, -0.2) is 48.3 Å². The average Bonchev–Trinajstić information content (AvgIpc) is 2.91. The minimum absolute atomic E-state index is 0.0638. The van der Waals surface area contributed by atoms with Crippen LogP contribution in [0, 0.1) is 0 Å². The highest BCUT2D eigenvalue weighted by Gasteiger charge is 2.20. The molecule has 4 nitrogen and oxygen atoms in total. The topological polar surface area (TPSA) is 40.6 Å². The van der Waals surface area contributed by atoms with Crippen LogP contribution in [0.15, 0.2) is 23.1 Å². The quantitative estimate of drug-likeness (QED) is 0.612. The Balaban J connectivity index is 1.97. The number of rotatable bonds is 3. The van der Waals surface area contributed by atoms with E-state index in [0.29, 0.717) is 26.2 Å². The smallest absolute Gasteiger partial charge is 0.249 e. The molecule has 0 aromatic carbocycles. The van der Waals surface area contributed by atoms with E-state index in [9.17, 15) is 9.59 Å². The molecule has 1 fully saturated rings. The van der Waals surface area contributed by atoms with E-state index >= 15 is 0 Å². The summed E-state index contributed by atoms with van der Waals surface area (Å²) in [6, 6.07) is 3.96. The first kappa shape index (κ1) is 12.8. The second-order valence-corrected chi connectivity index (χ2v) is 5.26. The number of piperazine rings is 1. The largest absolute Gasteiger partial charge is 0.342 e. The summed E-state index contributed by atoms with van der Waals surface area (Å²) in [6.45, 7) is 4.33. The molecule has 0 aliphatic carbocycles. The Morgan fingerprint density at radius 2 is 2.06 bits per heavy atom. The maximum atomic E-state index is 12.2. The fourth-order valence-corrected chi connectivity index (χ4v) is 2.64. The van der Waals surface area contributed by atoms with Crippen molar-refractivity contribution in [1.82, 2.24) is 9.80 Å². The van der Waals surface area contributed by atoms with E-state index in [0.717, 1.165) is 16.9 Å². The van der Waals surface area contributed by atoms with Gasteiger partial charge in [0, 0.05) is 36.6 Å². The lowest BCUT2D eigenvalue weighted by molar-refractivity contribution is -0.131. The number of carbonyl (C=O) groups excluding carboxylic acids is 2. The van der Waals surface area contributed by atoms with Crippen molar-refractivity contribution in [3.05, 3.63) is 28.0 Å². The Hall–Kier alpha value is -1.62. The number of hydrogen-bond donors (Lipinski definition) is 0. The van der Waals surface area contributed by atoms with Crippen molar-refractivity contribution in [2.24, 2.45) is 0 Å². The first-order valence-electron chi connectivity index (χ1n) is 5.91. The summed E-state index contributed by atoms with van der Waals surface area (Å²) >= 11 is 1.62. The van der Waals surface area contributed by atoms with E-state index in [1.807, 2.05) is 30.5 Å². The molecule has 0 spiro atoms. The summed E-state index contributed by atoms with van der Waals surface area (Å²) in [4.78, 5) is 27.4. The van der Waals surface area contributed by atoms with Crippen LogP contribution in [0.3, 0.4) is 0 Å². The van der Waals surface area contributed by atoms with Gasteiger partial charge in [-0.15, -0.1) is 11.3 Å². The van der Waals surface area contributed by atoms with E-state index < -0.39 is 0 Å². The lowest BCUT2D eigenvalue weighted by Gasteiger charge is -2.32. The lowest BCUT2D eigenvalue weighted by atomic mass is 10.2. The molecule has 0 saturated carbocycles. The Morgan fingerprint density at radius 1 is 1.33 bits per heavy atom. The highest BCUT2D eigenvalue weighted by Crippen LogP contribution is 2.15. The third-order valence-electron chi connectivity index (χ3n) is 2.99. The van der Waals surface area contributed by atoms with Gasteiger partial charge in [-0.05, 0) is 24.4 Å². The molecule has 1 aromatic heterocycles. The molecular weight excluding hydrogens is 248 g/mol. The third-order valence-corrected chi connectivity index (χ3v) is 3.81. The van der Waals surface area contributed by atoms with Gasteiger partial charge in [0.1, 0.15) is 0 Å². The number of thiophene rings is 1. The van der Waals surface area contributed by atoms with Gasteiger partial charge in [-0.1, -0.05) is 6.07 Å². The van der Waals surface area contributed by atoms with Crippen LogP contribution in [0.1, 0.15) is 11.8 Å². The SMILES string of the molecule is C/C(=C\c1cccs1)C(=O)N1CCN(C=O)CC1. The molecule has 5 heteroatoms. The summed E-state index contributed by atoms with van der Waals surface area (Å²) in [6.07, 6.45) is 2.76. The van der Waals surface area contributed by atoms with Gasteiger partial charge in [0.05, 0.1) is 0 Å². The maximum Gasteiger partial charge on any atom is 0.249 e. The highest BCUT2D eigenvalue weighted by atomic mass is 32.1. The number of amides is 2. The van der Waals surface area contributed by atoms with Gasteiger partial charge < -0.3 is 9.80 Å². The predicted octanol–water partition coefficient (Wildman–Crippen LogP) is 1.45. The van der Waals surface area contributed by atoms with E-state index in [4.69, 9.17) is 0 Å². The molecule has 96 valence electrons. The minimum atomic E-state index is 0.0638. The summed E-state index contributed by atoms with van der Waals surface area (Å²) < 4.78 is 0. The van der Waals surface area contributed by atoms with Crippen molar-refractivity contribution in [2.45, 2.75) is 6.92 Å². The van der Waals surface area contributed by atoms with Crippen molar-refractivity contribution in [3.63, 3.8) is 0 Å². The maximum absolute atomic E-state index is 12.2. The molecule has 1 saturated heterocycles.